The summed E-state index contributed by atoms with van der Waals surface area (Å²) in [6.45, 7) is 0. The van der Waals surface area contributed by atoms with Gasteiger partial charge in [-0.2, -0.15) is 7.94 Å². The summed E-state index contributed by atoms with van der Waals surface area (Å²) in [5, 5.41) is 0. The zero-order chi connectivity index (χ0) is 26.1. The molecule has 0 bridgehead atoms. The van der Waals surface area contributed by atoms with Crippen LogP contribution < -0.4 is 5.69 Å². The SMILES string of the molecule is O=c1n(S(=O)(=O)c2c(F)c(F)c(F)c(F)c2F)ccn1S(=O)(=O)c1c(F)c(F)c(F)c(F)c1F. The van der Waals surface area contributed by atoms with Gasteiger partial charge in [-0.25, -0.2) is 65.5 Å². The summed E-state index contributed by atoms with van der Waals surface area (Å²) in [5.41, 5.74) is -2.49. The predicted octanol–water partition coefficient (Wildman–Crippen LogP) is 2.51. The fourth-order valence-corrected chi connectivity index (χ4v) is 5.26. The molecule has 34 heavy (non-hydrogen) atoms. The van der Waals surface area contributed by atoms with Crippen molar-refractivity contribution in [3.8, 4) is 0 Å². The van der Waals surface area contributed by atoms with Crippen LogP contribution >= 0.6 is 0 Å². The molecule has 19 heteroatoms. The molecule has 3 rings (SSSR count). The van der Waals surface area contributed by atoms with Gasteiger partial charge in [-0.05, 0) is 0 Å². The lowest BCUT2D eigenvalue weighted by Gasteiger charge is -2.10. The predicted molar refractivity (Wildman–Crippen MR) is 86.3 cm³/mol. The Balaban J connectivity index is 2.33. The van der Waals surface area contributed by atoms with Crippen LogP contribution in [0.3, 0.4) is 0 Å². The lowest BCUT2D eigenvalue weighted by Crippen LogP contribution is -2.34. The molecule has 2 aromatic carbocycles. The number of benzene rings is 2. The highest BCUT2D eigenvalue weighted by molar-refractivity contribution is 7.90. The number of halogens is 10. The molecule has 3 aromatic rings. The fourth-order valence-electron chi connectivity index (χ4n) is 2.53. The van der Waals surface area contributed by atoms with E-state index in [2.05, 4.69) is 0 Å². The maximum absolute atomic E-state index is 13.9. The molecule has 0 fully saturated rings. The average Bonchev–Trinajstić information content (AvgIpc) is 3.16. The average molecular weight is 544 g/mol. The second kappa shape index (κ2) is 7.86. The summed E-state index contributed by atoms with van der Waals surface area (Å²) in [6, 6.07) is 0. The standard InChI is InChI=1S/C15H2F10N2O5S2/c16-3-5(18)9(22)13(10(23)6(3)19)33(29,30)26-1-2-27(15(26)28)34(31,32)14-11(24)7(20)4(17)8(21)12(14)25/h1-2H. The summed E-state index contributed by atoms with van der Waals surface area (Å²) in [7, 11) is -12.3. The van der Waals surface area contributed by atoms with Gasteiger partial charge >= 0.3 is 5.69 Å². The Hall–Kier alpha value is -3.35. The molecule has 1 aromatic heterocycles. The molecule has 0 unspecified atom stereocenters. The van der Waals surface area contributed by atoms with E-state index in [-0.39, 0.29) is 12.4 Å². The van der Waals surface area contributed by atoms with Crippen molar-refractivity contribution in [1.82, 2.24) is 7.94 Å². The second-order valence-electron chi connectivity index (χ2n) is 5.98. The minimum atomic E-state index is -6.13. The Kier molecular flexibility index (Phi) is 5.84. The topological polar surface area (TPSA) is 95.2 Å². The molecular formula is C15H2F10N2O5S2. The van der Waals surface area contributed by atoms with Crippen LogP contribution in [-0.2, 0) is 20.0 Å². The van der Waals surface area contributed by atoms with Crippen molar-refractivity contribution in [3.05, 3.63) is 81.1 Å². The van der Waals surface area contributed by atoms with E-state index in [1.54, 1.807) is 0 Å². The number of hydrogen-bond donors (Lipinski definition) is 0. The lowest BCUT2D eigenvalue weighted by atomic mass is 10.3. The van der Waals surface area contributed by atoms with Crippen LogP contribution in [0.25, 0.3) is 0 Å². The zero-order valence-corrected chi connectivity index (χ0v) is 16.8. The van der Waals surface area contributed by atoms with Crippen LogP contribution in [-0.4, -0.2) is 24.8 Å². The van der Waals surface area contributed by atoms with Gasteiger partial charge in [0, 0.05) is 12.4 Å². The summed E-state index contributed by atoms with van der Waals surface area (Å²) in [5.74, 6) is -28.5. The Morgan fingerprint density at radius 2 is 0.647 bits per heavy atom. The largest absolute Gasteiger partial charge is 0.356 e. The number of imidazole rings is 1. The number of hydrogen-bond acceptors (Lipinski definition) is 5. The first-order valence-electron chi connectivity index (χ1n) is 7.83. The van der Waals surface area contributed by atoms with Crippen molar-refractivity contribution < 1.29 is 60.7 Å². The summed E-state index contributed by atoms with van der Waals surface area (Å²) in [4.78, 5) is 7.06. The van der Waals surface area contributed by atoms with Crippen LogP contribution in [0.15, 0.2) is 27.0 Å². The van der Waals surface area contributed by atoms with E-state index in [9.17, 15) is 65.5 Å². The van der Waals surface area contributed by atoms with E-state index in [4.69, 9.17) is 0 Å². The van der Waals surface area contributed by atoms with Crippen LogP contribution in [0.5, 0.6) is 0 Å². The normalized spacial score (nSPS) is 12.4. The molecule has 0 saturated carbocycles. The van der Waals surface area contributed by atoms with Gasteiger partial charge in [0.2, 0.25) is 11.6 Å². The second-order valence-corrected chi connectivity index (χ2v) is 9.48. The Morgan fingerprint density at radius 1 is 0.441 bits per heavy atom. The molecule has 0 aliphatic rings. The summed E-state index contributed by atoms with van der Waals surface area (Å²) >= 11 is 0. The quantitative estimate of drug-likeness (QED) is 0.286. The van der Waals surface area contributed by atoms with Gasteiger partial charge in [-0.3, -0.25) is 0 Å². The maximum atomic E-state index is 13.9. The van der Waals surface area contributed by atoms with E-state index in [0.29, 0.717) is 0 Å². The molecular weight excluding hydrogens is 542 g/mol. The van der Waals surface area contributed by atoms with Gasteiger partial charge < -0.3 is 0 Å². The minimum absolute atomic E-state index is 0.167. The van der Waals surface area contributed by atoms with Gasteiger partial charge in [0.25, 0.3) is 20.0 Å². The van der Waals surface area contributed by atoms with Crippen molar-refractivity contribution in [2.75, 3.05) is 0 Å². The first kappa shape index (κ1) is 25.3. The number of aromatic nitrogens is 2. The molecule has 0 saturated heterocycles. The van der Waals surface area contributed by atoms with E-state index in [1.807, 2.05) is 0 Å². The Bertz CT molecular complexity index is 1480. The van der Waals surface area contributed by atoms with Crippen molar-refractivity contribution in [2.24, 2.45) is 0 Å². The smallest absolute Gasteiger partial charge is 0.245 e. The molecule has 0 spiro atoms. The molecule has 0 radical (unpaired) electrons. The van der Waals surface area contributed by atoms with E-state index < -0.39 is 102 Å². The van der Waals surface area contributed by atoms with E-state index in [1.165, 1.54) is 0 Å². The van der Waals surface area contributed by atoms with Gasteiger partial charge in [0.05, 0.1) is 0 Å². The lowest BCUT2D eigenvalue weighted by molar-refractivity contribution is 0.357. The maximum Gasteiger partial charge on any atom is 0.356 e. The van der Waals surface area contributed by atoms with Crippen LogP contribution in [0.2, 0.25) is 0 Å². The molecule has 184 valence electrons. The third kappa shape index (κ3) is 3.29. The van der Waals surface area contributed by atoms with Crippen molar-refractivity contribution >= 4 is 20.0 Å². The minimum Gasteiger partial charge on any atom is -0.245 e. The molecule has 0 N–H and O–H groups in total. The van der Waals surface area contributed by atoms with Crippen molar-refractivity contribution in [2.45, 2.75) is 9.79 Å². The molecule has 0 amide bonds. The summed E-state index contributed by atoms with van der Waals surface area (Å²) in [6.07, 6.45) is -0.335. The van der Waals surface area contributed by atoms with Crippen molar-refractivity contribution in [1.29, 1.82) is 0 Å². The molecule has 1 heterocycles. The first-order valence-corrected chi connectivity index (χ1v) is 10.7. The van der Waals surface area contributed by atoms with Gasteiger partial charge in [-0.15, -0.1) is 0 Å². The first-order chi connectivity index (χ1) is 15.5. The van der Waals surface area contributed by atoms with Crippen LogP contribution in [0, 0.1) is 58.2 Å². The van der Waals surface area contributed by atoms with E-state index >= 15 is 0 Å². The van der Waals surface area contributed by atoms with E-state index in [0.717, 1.165) is 0 Å². The summed E-state index contributed by atoms with van der Waals surface area (Å²) < 4.78 is 183. The molecule has 0 aliphatic heterocycles. The molecule has 7 nitrogen and oxygen atoms in total. The van der Waals surface area contributed by atoms with Gasteiger partial charge in [0.1, 0.15) is 0 Å². The van der Waals surface area contributed by atoms with Crippen LogP contribution in [0.4, 0.5) is 43.9 Å². The third-order valence-corrected chi connectivity index (χ3v) is 7.43. The zero-order valence-electron chi connectivity index (χ0n) is 15.2. The number of nitrogens with zero attached hydrogens (tertiary/aromatic N) is 2. The van der Waals surface area contributed by atoms with Crippen molar-refractivity contribution in [3.63, 3.8) is 0 Å². The monoisotopic (exact) mass is 544 g/mol. The fraction of sp³-hybridized carbons (Fsp3) is 0. The highest BCUT2D eigenvalue weighted by Crippen LogP contribution is 2.29. The van der Waals surface area contributed by atoms with Gasteiger partial charge in [0.15, 0.2) is 56.3 Å². The Labute approximate surface area is 180 Å². The highest BCUT2D eigenvalue weighted by atomic mass is 32.2. The third-order valence-electron chi connectivity index (χ3n) is 4.09. The number of rotatable bonds is 4. The Morgan fingerprint density at radius 3 is 0.882 bits per heavy atom. The van der Waals surface area contributed by atoms with Crippen LogP contribution in [0.1, 0.15) is 0 Å². The molecule has 0 atom stereocenters. The van der Waals surface area contributed by atoms with Gasteiger partial charge in [-0.1, -0.05) is 0 Å². The highest BCUT2D eigenvalue weighted by Gasteiger charge is 2.39. The molecule has 0 aliphatic carbocycles.